The van der Waals surface area contributed by atoms with Gasteiger partial charge in [-0.15, -0.1) is 0 Å². The van der Waals surface area contributed by atoms with Crippen LogP contribution in [0.4, 0.5) is 0 Å². The summed E-state index contributed by atoms with van der Waals surface area (Å²) in [5, 5.41) is 4.34. The topological polar surface area (TPSA) is 70.4 Å². The predicted molar refractivity (Wildman–Crippen MR) is 103 cm³/mol. The van der Waals surface area contributed by atoms with Crippen LogP contribution in [-0.4, -0.2) is 28.8 Å². The fourth-order valence-corrected chi connectivity index (χ4v) is 3.05. The lowest BCUT2D eigenvalue weighted by Gasteiger charge is -2.18. The van der Waals surface area contributed by atoms with Crippen molar-refractivity contribution in [3.8, 4) is 22.8 Å². The van der Waals surface area contributed by atoms with Crippen LogP contribution in [-0.2, 0) is 6.54 Å². The van der Waals surface area contributed by atoms with Gasteiger partial charge in [-0.05, 0) is 36.4 Å². The Labute approximate surface area is 163 Å². The molecule has 0 saturated carbocycles. The summed E-state index contributed by atoms with van der Waals surface area (Å²) < 4.78 is 13.1. The fourth-order valence-electron chi connectivity index (χ4n) is 2.78. The Morgan fingerprint density at radius 2 is 1.74 bits per heavy atom. The summed E-state index contributed by atoms with van der Waals surface area (Å²) in [6, 6.07) is 15.7. The van der Waals surface area contributed by atoms with Crippen LogP contribution in [0.5, 0.6) is 11.5 Å². The molecule has 2 heterocycles. The predicted octanol–water partition coefficient (Wildman–Crippen LogP) is 3.33. The second-order valence-electron chi connectivity index (χ2n) is 6.00. The number of carbonyl (C=O) groups is 1. The molecule has 136 valence electrons. The number of halogens is 1. The minimum Gasteiger partial charge on any atom is -0.486 e. The summed E-state index contributed by atoms with van der Waals surface area (Å²) in [6.45, 7) is 0.784. The zero-order valence-corrected chi connectivity index (χ0v) is 15.8. The van der Waals surface area contributed by atoms with Gasteiger partial charge >= 0.3 is 0 Å². The Kier molecular flexibility index (Phi) is 4.77. The molecule has 0 N–H and O–H groups in total. The third-order valence-electron chi connectivity index (χ3n) is 4.16. The Balaban J connectivity index is 1.60. The van der Waals surface area contributed by atoms with Crippen LogP contribution in [0.15, 0.2) is 63.9 Å². The fraction of sp³-hybridized carbons (Fsp3) is 0.150. The maximum atomic E-state index is 12.6. The van der Waals surface area contributed by atoms with Crippen LogP contribution in [0.2, 0.25) is 0 Å². The number of Topliss-reactive ketones (excluding diaryl/α,β-unsaturated/α-hetero) is 1. The van der Waals surface area contributed by atoms with Crippen molar-refractivity contribution in [2.24, 2.45) is 0 Å². The van der Waals surface area contributed by atoms with Gasteiger partial charge in [0.15, 0.2) is 17.3 Å². The monoisotopic (exact) mass is 426 g/mol. The highest BCUT2D eigenvalue weighted by Crippen LogP contribution is 2.31. The van der Waals surface area contributed by atoms with Gasteiger partial charge in [0.1, 0.15) is 19.8 Å². The highest BCUT2D eigenvalue weighted by atomic mass is 79.9. The maximum Gasteiger partial charge on any atom is 0.267 e. The molecule has 0 fully saturated rings. The van der Waals surface area contributed by atoms with Crippen LogP contribution < -0.4 is 15.0 Å². The van der Waals surface area contributed by atoms with E-state index in [-0.39, 0.29) is 17.9 Å². The quantitative estimate of drug-likeness (QED) is 0.598. The van der Waals surface area contributed by atoms with Crippen molar-refractivity contribution in [3.63, 3.8) is 0 Å². The van der Waals surface area contributed by atoms with Gasteiger partial charge in [-0.3, -0.25) is 9.59 Å². The van der Waals surface area contributed by atoms with E-state index < -0.39 is 0 Å². The summed E-state index contributed by atoms with van der Waals surface area (Å²) in [5.41, 5.74) is 1.60. The highest BCUT2D eigenvalue weighted by Gasteiger charge is 2.16. The zero-order valence-electron chi connectivity index (χ0n) is 14.2. The summed E-state index contributed by atoms with van der Waals surface area (Å²) >= 11 is 3.39. The molecule has 3 aromatic rings. The van der Waals surface area contributed by atoms with E-state index in [9.17, 15) is 9.59 Å². The highest BCUT2D eigenvalue weighted by molar-refractivity contribution is 9.10. The van der Waals surface area contributed by atoms with Crippen LogP contribution in [0.25, 0.3) is 11.3 Å². The van der Waals surface area contributed by atoms with E-state index >= 15 is 0 Å². The smallest absolute Gasteiger partial charge is 0.267 e. The molecule has 7 heteroatoms. The van der Waals surface area contributed by atoms with Gasteiger partial charge in [-0.25, -0.2) is 4.68 Å². The Hall–Kier alpha value is -2.93. The first kappa shape index (κ1) is 17.5. The van der Waals surface area contributed by atoms with Gasteiger partial charge in [-0.1, -0.05) is 28.1 Å². The molecule has 27 heavy (non-hydrogen) atoms. The lowest BCUT2D eigenvalue weighted by molar-refractivity contribution is 0.0964. The number of hydrogen-bond acceptors (Lipinski definition) is 5. The van der Waals surface area contributed by atoms with Crippen molar-refractivity contribution in [3.05, 3.63) is 75.0 Å². The molecule has 0 atom stereocenters. The largest absolute Gasteiger partial charge is 0.486 e. The summed E-state index contributed by atoms with van der Waals surface area (Å²) in [5.74, 6) is 0.927. The van der Waals surface area contributed by atoms with Gasteiger partial charge in [0.25, 0.3) is 5.56 Å². The van der Waals surface area contributed by atoms with E-state index in [0.717, 1.165) is 10.0 Å². The number of rotatable bonds is 4. The normalized spacial score (nSPS) is 12.6. The van der Waals surface area contributed by atoms with Gasteiger partial charge < -0.3 is 9.47 Å². The molecule has 4 rings (SSSR count). The van der Waals surface area contributed by atoms with E-state index in [0.29, 0.717) is 36.0 Å². The van der Waals surface area contributed by atoms with Crippen molar-refractivity contribution in [1.82, 2.24) is 9.78 Å². The molecule has 0 aliphatic carbocycles. The Morgan fingerprint density at radius 3 is 2.52 bits per heavy atom. The Morgan fingerprint density at radius 1 is 1.00 bits per heavy atom. The van der Waals surface area contributed by atoms with Crippen molar-refractivity contribution in [2.45, 2.75) is 6.54 Å². The van der Waals surface area contributed by atoms with Crippen LogP contribution in [0.1, 0.15) is 10.4 Å². The molecule has 0 amide bonds. The van der Waals surface area contributed by atoms with Crippen molar-refractivity contribution in [2.75, 3.05) is 13.2 Å². The number of nitrogens with zero attached hydrogens (tertiary/aromatic N) is 2. The van der Waals surface area contributed by atoms with Crippen molar-refractivity contribution in [1.29, 1.82) is 0 Å². The van der Waals surface area contributed by atoms with E-state index in [1.165, 1.54) is 10.7 Å². The average Bonchev–Trinajstić information content (AvgIpc) is 2.70. The number of ether oxygens (including phenoxy) is 2. The number of fused-ring (bicyclic) bond motifs is 1. The third-order valence-corrected chi connectivity index (χ3v) is 4.69. The van der Waals surface area contributed by atoms with Gasteiger partial charge in [-0.2, -0.15) is 5.10 Å². The standard InChI is InChI=1S/C20H15BrN2O4/c21-15-4-1-13(2-5-15)16-6-8-20(25)23(22-16)12-17(24)14-3-7-18-19(11-14)27-10-9-26-18/h1-8,11H,9-10,12H2. The van der Waals surface area contributed by atoms with Gasteiger partial charge in [0, 0.05) is 21.7 Å². The lowest BCUT2D eigenvalue weighted by atomic mass is 10.1. The van der Waals surface area contributed by atoms with Crippen molar-refractivity contribution < 1.29 is 14.3 Å². The number of aromatic nitrogens is 2. The molecule has 1 aliphatic heterocycles. The van der Waals surface area contributed by atoms with Crippen LogP contribution >= 0.6 is 15.9 Å². The molecule has 0 unspecified atom stereocenters. The molecule has 2 aromatic carbocycles. The third kappa shape index (κ3) is 3.78. The molecule has 1 aromatic heterocycles. The van der Waals surface area contributed by atoms with Crippen molar-refractivity contribution >= 4 is 21.7 Å². The van der Waals surface area contributed by atoms with Gasteiger partial charge in [0.2, 0.25) is 0 Å². The van der Waals surface area contributed by atoms with Crippen LogP contribution in [0.3, 0.4) is 0 Å². The summed E-state index contributed by atoms with van der Waals surface area (Å²) in [4.78, 5) is 24.8. The minimum absolute atomic E-state index is 0.150. The first-order valence-corrected chi connectivity index (χ1v) is 9.16. The van der Waals surface area contributed by atoms with E-state index in [1.54, 1.807) is 24.3 Å². The average molecular weight is 427 g/mol. The molecular weight excluding hydrogens is 412 g/mol. The number of benzene rings is 2. The molecule has 0 bridgehead atoms. The summed E-state index contributed by atoms with van der Waals surface area (Å²) in [7, 11) is 0. The van der Waals surface area contributed by atoms with E-state index in [1.807, 2.05) is 24.3 Å². The Bertz CT molecular complexity index is 1060. The lowest BCUT2D eigenvalue weighted by Crippen LogP contribution is -2.26. The second kappa shape index (κ2) is 7.36. The molecular formula is C20H15BrN2O4. The first-order valence-electron chi connectivity index (χ1n) is 8.37. The minimum atomic E-state index is -0.332. The maximum absolute atomic E-state index is 12.6. The number of carbonyl (C=O) groups excluding carboxylic acids is 1. The number of ketones is 1. The van der Waals surface area contributed by atoms with Crippen LogP contribution in [0, 0.1) is 0 Å². The molecule has 1 aliphatic rings. The zero-order chi connectivity index (χ0) is 18.8. The first-order chi connectivity index (χ1) is 13.1. The van der Waals surface area contributed by atoms with E-state index in [4.69, 9.17) is 9.47 Å². The number of hydrogen-bond donors (Lipinski definition) is 0. The molecule has 6 nitrogen and oxygen atoms in total. The second-order valence-corrected chi connectivity index (χ2v) is 6.92. The van der Waals surface area contributed by atoms with E-state index in [2.05, 4.69) is 21.0 Å². The van der Waals surface area contributed by atoms with Gasteiger partial charge in [0.05, 0.1) is 5.69 Å². The molecule has 0 radical (unpaired) electrons. The molecule has 0 saturated heterocycles. The summed E-state index contributed by atoms with van der Waals surface area (Å²) in [6.07, 6.45) is 0. The molecule has 0 spiro atoms. The SMILES string of the molecule is O=C(Cn1nc(-c2ccc(Br)cc2)ccc1=O)c1ccc2c(c1)OCCO2.